The molecule has 0 spiro atoms. The number of anilines is 1. The molecule has 0 unspecified atom stereocenters. The van der Waals surface area contributed by atoms with Gasteiger partial charge in [-0.25, -0.2) is 5.01 Å². The molecule has 2 aromatic carbocycles. The molecule has 7 heteroatoms. The number of hydrogen-bond acceptors (Lipinski definition) is 4. The average Bonchev–Trinajstić information content (AvgIpc) is 2.83. The van der Waals surface area contributed by atoms with Crippen LogP contribution in [-0.4, -0.2) is 59.4 Å². The molecule has 2 aliphatic heterocycles. The third-order valence-corrected chi connectivity index (χ3v) is 6.20. The summed E-state index contributed by atoms with van der Waals surface area (Å²) < 4.78 is 0. The summed E-state index contributed by atoms with van der Waals surface area (Å²) in [7, 11) is 0. The summed E-state index contributed by atoms with van der Waals surface area (Å²) in [6, 6.07) is 15.3. The van der Waals surface area contributed by atoms with Gasteiger partial charge in [-0.1, -0.05) is 38.1 Å². The molecule has 0 radical (unpaired) electrons. The summed E-state index contributed by atoms with van der Waals surface area (Å²) in [4.78, 5) is 41.9. The number of hydrazone groups is 1. The van der Waals surface area contributed by atoms with Crippen LogP contribution in [0.3, 0.4) is 0 Å². The Morgan fingerprint density at radius 3 is 2.12 bits per heavy atom. The Morgan fingerprint density at radius 1 is 0.879 bits per heavy atom. The van der Waals surface area contributed by atoms with E-state index in [2.05, 4.69) is 18.9 Å². The van der Waals surface area contributed by atoms with Crippen molar-refractivity contribution in [2.75, 3.05) is 31.2 Å². The van der Waals surface area contributed by atoms with Crippen LogP contribution in [0.1, 0.15) is 54.1 Å². The number of nitrogens with zero attached hydrogens (tertiary/aromatic N) is 4. The number of hydrogen-bond donors (Lipinski definition) is 0. The van der Waals surface area contributed by atoms with Crippen molar-refractivity contribution < 1.29 is 14.4 Å². The van der Waals surface area contributed by atoms with E-state index >= 15 is 0 Å². The highest BCUT2D eigenvalue weighted by Gasteiger charge is 2.31. The van der Waals surface area contributed by atoms with Gasteiger partial charge >= 0.3 is 0 Å². The van der Waals surface area contributed by atoms with E-state index < -0.39 is 0 Å². The second kappa shape index (κ2) is 9.57. The minimum absolute atomic E-state index is 0.0105. The third-order valence-electron chi connectivity index (χ3n) is 6.20. The van der Waals surface area contributed by atoms with E-state index in [4.69, 9.17) is 0 Å². The predicted molar refractivity (Wildman–Crippen MR) is 128 cm³/mol. The van der Waals surface area contributed by atoms with Crippen LogP contribution in [0.2, 0.25) is 0 Å². The highest BCUT2D eigenvalue weighted by molar-refractivity contribution is 6.40. The quantitative estimate of drug-likeness (QED) is 0.721. The van der Waals surface area contributed by atoms with Crippen LogP contribution < -0.4 is 5.01 Å². The molecule has 172 valence electrons. The van der Waals surface area contributed by atoms with Crippen molar-refractivity contribution >= 4 is 29.1 Å². The van der Waals surface area contributed by atoms with Gasteiger partial charge in [0.1, 0.15) is 5.71 Å². The summed E-state index contributed by atoms with van der Waals surface area (Å²) >= 11 is 0. The Balaban J connectivity index is 1.40. The first kappa shape index (κ1) is 22.7. The van der Waals surface area contributed by atoms with Gasteiger partial charge in [0.05, 0.1) is 5.69 Å². The second-order valence-electron chi connectivity index (χ2n) is 8.95. The first-order chi connectivity index (χ1) is 15.8. The number of carbonyl (C=O) groups is 3. The van der Waals surface area contributed by atoms with Crippen molar-refractivity contribution in [3.05, 3.63) is 65.2 Å². The highest BCUT2D eigenvalue weighted by Crippen LogP contribution is 2.22. The normalized spacial score (nSPS) is 16.8. The molecule has 1 saturated heterocycles. The summed E-state index contributed by atoms with van der Waals surface area (Å²) in [6.07, 6.45) is 0.588. The van der Waals surface area contributed by atoms with Crippen molar-refractivity contribution in [3.8, 4) is 0 Å². The van der Waals surface area contributed by atoms with Crippen molar-refractivity contribution in [1.29, 1.82) is 0 Å². The summed E-state index contributed by atoms with van der Waals surface area (Å²) in [6.45, 7) is 8.05. The summed E-state index contributed by atoms with van der Waals surface area (Å²) in [5, 5.41) is 5.74. The predicted octanol–water partition coefficient (Wildman–Crippen LogP) is 3.59. The van der Waals surface area contributed by atoms with Gasteiger partial charge in [0.25, 0.3) is 11.8 Å². The lowest BCUT2D eigenvalue weighted by Crippen LogP contribution is -2.52. The molecule has 0 N–H and O–H groups in total. The summed E-state index contributed by atoms with van der Waals surface area (Å²) in [5.41, 5.74) is 3.95. The van der Waals surface area contributed by atoms with Gasteiger partial charge in [-0.05, 0) is 48.2 Å². The van der Waals surface area contributed by atoms with Crippen LogP contribution in [0, 0.1) is 6.92 Å². The van der Waals surface area contributed by atoms with Crippen LogP contribution in [0.5, 0.6) is 0 Å². The van der Waals surface area contributed by atoms with E-state index in [-0.39, 0.29) is 24.1 Å². The number of piperazine rings is 1. The SMILES string of the molecule is Cc1cccc(N2N=C(C(=O)N3CCN(C(=O)c4ccc(C(C)C)cc4)CC3)CCC2=O)c1. The van der Waals surface area contributed by atoms with Crippen LogP contribution in [0.15, 0.2) is 53.6 Å². The maximum Gasteiger partial charge on any atom is 0.270 e. The smallest absolute Gasteiger partial charge is 0.270 e. The fourth-order valence-electron chi connectivity index (χ4n) is 4.16. The standard InChI is InChI=1S/C26H30N4O3/c1-18(2)20-7-9-21(10-8-20)25(32)28-13-15-29(16-14-28)26(33)23-11-12-24(31)30(27-23)22-6-4-5-19(3)17-22/h4-10,17-18H,11-16H2,1-3H3. The monoisotopic (exact) mass is 446 g/mol. The number of aryl methyl sites for hydroxylation is 1. The first-order valence-electron chi connectivity index (χ1n) is 11.5. The van der Waals surface area contributed by atoms with E-state index in [1.54, 1.807) is 9.80 Å². The third kappa shape index (κ3) is 4.97. The zero-order valence-electron chi connectivity index (χ0n) is 19.5. The molecule has 2 aliphatic rings. The molecule has 0 aromatic heterocycles. The largest absolute Gasteiger partial charge is 0.335 e. The van der Waals surface area contributed by atoms with Gasteiger partial charge in [0.2, 0.25) is 5.91 Å². The molecule has 33 heavy (non-hydrogen) atoms. The molecule has 0 atom stereocenters. The van der Waals surface area contributed by atoms with Crippen molar-refractivity contribution in [2.45, 2.75) is 39.5 Å². The number of carbonyl (C=O) groups excluding carboxylic acids is 3. The molecule has 1 fully saturated rings. The Hall–Kier alpha value is -3.48. The van der Waals surface area contributed by atoms with Gasteiger partial charge in [-0.15, -0.1) is 0 Å². The van der Waals surface area contributed by atoms with E-state index in [1.165, 1.54) is 10.6 Å². The van der Waals surface area contributed by atoms with E-state index in [9.17, 15) is 14.4 Å². The molecule has 0 saturated carbocycles. The van der Waals surface area contributed by atoms with Crippen molar-refractivity contribution in [3.63, 3.8) is 0 Å². The number of benzene rings is 2. The molecule has 4 rings (SSSR count). The zero-order chi connectivity index (χ0) is 23.5. The van der Waals surface area contributed by atoms with Gasteiger partial charge < -0.3 is 9.80 Å². The van der Waals surface area contributed by atoms with Crippen LogP contribution in [0.4, 0.5) is 5.69 Å². The lowest BCUT2D eigenvalue weighted by atomic mass is 10.0. The van der Waals surface area contributed by atoms with Crippen molar-refractivity contribution in [2.24, 2.45) is 5.10 Å². The second-order valence-corrected chi connectivity index (χ2v) is 8.95. The zero-order valence-corrected chi connectivity index (χ0v) is 19.5. The first-order valence-corrected chi connectivity index (χ1v) is 11.5. The van der Waals surface area contributed by atoms with E-state index in [0.29, 0.717) is 55.5 Å². The number of rotatable bonds is 4. The average molecular weight is 447 g/mol. The topological polar surface area (TPSA) is 73.3 Å². The van der Waals surface area contributed by atoms with Gasteiger partial charge in [-0.2, -0.15) is 5.10 Å². The van der Waals surface area contributed by atoms with Gasteiger partial charge in [0.15, 0.2) is 0 Å². The van der Waals surface area contributed by atoms with Crippen molar-refractivity contribution in [1.82, 2.24) is 9.80 Å². The molecule has 2 aromatic rings. The van der Waals surface area contributed by atoms with Crippen LogP contribution in [0.25, 0.3) is 0 Å². The number of amides is 3. The Morgan fingerprint density at radius 2 is 1.52 bits per heavy atom. The maximum atomic E-state index is 13.1. The fourth-order valence-corrected chi connectivity index (χ4v) is 4.16. The van der Waals surface area contributed by atoms with Crippen LogP contribution >= 0.6 is 0 Å². The van der Waals surface area contributed by atoms with E-state index in [1.807, 2.05) is 55.5 Å². The molecule has 0 bridgehead atoms. The molecular formula is C26H30N4O3. The van der Waals surface area contributed by atoms with Crippen LogP contribution in [-0.2, 0) is 9.59 Å². The molecule has 7 nitrogen and oxygen atoms in total. The minimum atomic E-state index is -0.159. The minimum Gasteiger partial charge on any atom is -0.335 e. The lowest BCUT2D eigenvalue weighted by Gasteiger charge is -2.35. The Bertz CT molecular complexity index is 1080. The highest BCUT2D eigenvalue weighted by atomic mass is 16.2. The lowest BCUT2D eigenvalue weighted by molar-refractivity contribution is -0.125. The maximum absolute atomic E-state index is 13.1. The van der Waals surface area contributed by atoms with Gasteiger partial charge in [0, 0.05) is 44.6 Å². The van der Waals surface area contributed by atoms with E-state index in [0.717, 1.165) is 5.56 Å². The summed E-state index contributed by atoms with van der Waals surface area (Å²) in [5.74, 6) is 0.136. The Labute approximate surface area is 194 Å². The Kier molecular flexibility index (Phi) is 6.58. The van der Waals surface area contributed by atoms with Gasteiger partial charge in [-0.3, -0.25) is 14.4 Å². The molecular weight excluding hydrogens is 416 g/mol. The molecule has 2 heterocycles. The fraction of sp³-hybridized carbons (Fsp3) is 0.385. The molecule has 0 aliphatic carbocycles. The molecule has 3 amide bonds.